The summed E-state index contributed by atoms with van der Waals surface area (Å²) in [5.41, 5.74) is 2.28. The number of rotatable bonds is 7. The zero-order chi connectivity index (χ0) is 21.7. The van der Waals surface area contributed by atoms with E-state index in [1.54, 1.807) is 45.0 Å². The second-order valence-corrected chi connectivity index (χ2v) is 6.61. The van der Waals surface area contributed by atoms with Gasteiger partial charge in [-0.15, -0.1) is 0 Å². The molecule has 1 aromatic heterocycles. The van der Waals surface area contributed by atoms with E-state index in [1.807, 2.05) is 0 Å². The van der Waals surface area contributed by atoms with Crippen molar-refractivity contribution in [1.82, 2.24) is 4.98 Å². The van der Waals surface area contributed by atoms with E-state index < -0.39 is 24.3 Å². The molecule has 0 spiro atoms. The summed E-state index contributed by atoms with van der Waals surface area (Å²) in [5.74, 6) is -0.327. The van der Waals surface area contributed by atoms with Crippen LogP contribution in [0.1, 0.15) is 44.6 Å². The first-order valence-corrected chi connectivity index (χ1v) is 9.54. The van der Waals surface area contributed by atoms with Crippen molar-refractivity contribution in [3.63, 3.8) is 0 Å². The van der Waals surface area contributed by atoms with Crippen molar-refractivity contribution >= 4 is 23.8 Å². The second kappa shape index (κ2) is 9.30. The summed E-state index contributed by atoms with van der Waals surface area (Å²) in [5, 5.41) is 0. The third-order valence-electron chi connectivity index (χ3n) is 4.52. The summed E-state index contributed by atoms with van der Waals surface area (Å²) in [4.78, 5) is 39.3. The number of aromatic amines is 1. The van der Waals surface area contributed by atoms with Crippen molar-refractivity contribution in [3.05, 3.63) is 52.4 Å². The molecule has 0 bridgehead atoms. The number of carbonyl (C=O) groups is 3. The summed E-state index contributed by atoms with van der Waals surface area (Å²) in [6.07, 6.45) is 2.80. The molecule has 30 heavy (non-hydrogen) atoms. The number of ether oxygens (including phenoxy) is 4. The molecular formula is C22H23NO7. The predicted octanol–water partition coefficient (Wildman–Crippen LogP) is 3.02. The van der Waals surface area contributed by atoms with Crippen molar-refractivity contribution < 1.29 is 33.3 Å². The van der Waals surface area contributed by atoms with Crippen molar-refractivity contribution in [2.45, 2.75) is 20.8 Å². The number of esters is 2. The Morgan fingerprint density at radius 3 is 2.57 bits per heavy atom. The Balaban J connectivity index is 1.60. The quantitative estimate of drug-likeness (QED) is 0.423. The van der Waals surface area contributed by atoms with Gasteiger partial charge in [0, 0.05) is 11.8 Å². The van der Waals surface area contributed by atoms with E-state index in [0.29, 0.717) is 41.5 Å². The Morgan fingerprint density at radius 2 is 1.83 bits per heavy atom. The topological polar surface area (TPSA) is 104 Å². The minimum Gasteiger partial charge on any atom is -0.486 e. The van der Waals surface area contributed by atoms with Crippen molar-refractivity contribution in [3.8, 4) is 11.5 Å². The molecule has 0 radical (unpaired) electrons. The lowest BCUT2D eigenvalue weighted by Crippen LogP contribution is -2.15. The average molecular weight is 413 g/mol. The zero-order valence-electron chi connectivity index (χ0n) is 17.1. The highest BCUT2D eigenvalue weighted by molar-refractivity contribution is 6.03. The molecule has 0 amide bonds. The van der Waals surface area contributed by atoms with Gasteiger partial charge < -0.3 is 23.9 Å². The third kappa shape index (κ3) is 4.71. The van der Waals surface area contributed by atoms with E-state index >= 15 is 0 Å². The second-order valence-electron chi connectivity index (χ2n) is 6.61. The van der Waals surface area contributed by atoms with Crippen molar-refractivity contribution in [2.75, 3.05) is 26.4 Å². The SMILES string of the molecule is CCOC(=O)c1c(C)[nH]c(C(=O)COC(=O)/C=C/c2ccc3c(c2)OCCO3)c1C. The molecule has 158 valence electrons. The highest BCUT2D eigenvalue weighted by atomic mass is 16.6. The molecule has 0 atom stereocenters. The fourth-order valence-corrected chi connectivity index (χ4v) is 3.12. The maximum atomic E-state index is 12.4. The Labute approximate surface area is 173 Å². The summed E-state index contributed by atoms with van der Waals surface area (Å²) in [6.45, 7) is 5.79. The molecule has 1 aliphatic rings. The van der Waals surface area contributed by atoms with Crippen LogP contribution in [-0.2, 0) is 14.3 Å². The first-order chi connectivity index (χ1) is 14.4. The molecule has 1 aliphatic heterocycles. The highest BCUT2D eigenvalue weighted by Gasteiger charge is 2.23. The average Bonchev–Trinajstić information content (AvgIpc) is 3.04. The van der Waals surface area contributed by atoms with Crippen molar-refractivity contribution in [2.24, 2.45) is 0 Å². The van der Waals surface area contributed by atoms with Gasteiger partial charge in [-0.1, -0.05) is 6.07 Å². The van der Waals surface area contributed by atoms with Crippen LogP contribution in [0.2, 0.25) is 0 Å². The fraction of sp³-hybridized carbons (Fsp3) is 0.318. The molecule has 2 aromatic rings. The van der Waals surface area contributed by atoms with Gasteiger partial charge in [0.05, 0.1) is 17.9 Å². The van der Waals surface area contributed by atoms with Crippen LogP contribution in [0.3, 0.4) is 0 Å². The minimum atomic E-state index is -0.662. The third-order valence-corrected chi connectivity index (χ3v) is 4.52. The van der Waals surface area contributed by atoms with E-state index in [-0.39, 0.29) is 12.3 Å². The number of aryl methyl sites for hydroxylation is 1. The van der Waals surface area contributed by atoms with Gasteiger partial charge >= 0.3 is 11.9 Å². The monoisotopic (exact) mass is 413 g/mol. The van der Waals surface area contributed by atoms with Gasteiger partial charge in [-0.2, -0.15) is 0 Å². The molecule has 0 aliphatic carbocycles. The minimum absolute atomic E-state index is 0.221. The number of carbonyl (C=O) groups excluding carboxylic acids is 3. The van der Waals surface area contributed by atoms with Crippen LogP contribution < -0.4 is 9.47 Å². The lowest BCUT2D eigenvalue weighted by Gasteiger charge is -2.18. The molecule has 0 fully saturated rings. The van der Waals surface area contributed by atoms with Crippen LogP contribution in [0.4, 0.5) is 0 Å². The molecule has 3 rings (SSSR count). The molecule has 0 unspecified atom stereocenters. The van der Waals surface area contributed by atoms with Crippen molar-refractivity contribution in [1.29, 1.82) is 0 Å². The van der Waals surface area contributed by atoms with E-state index in [2.05, 4.69) is 4.98 Å². The van der Waals surface area contributed by atoms with Gasteiger partial charge in [-0.3, -0.25) is 4.79 Å². The number of H-pyrrole nitrogens is 1. The number of Topliss-reactive ketones (excluding diaryl/α,β-unsaturated/α-hetero) is 1. The maximum Gasteiger partial charge on any atom is 0.340 e. The summed E-state index contributed by atoms with van der Waals surface area (Å²) in [6, 6.07) is 5.30. The number of fused-ring (bicyclic) bond motifs is 1. The molecular weight excluding hydrogens is 390 g/mol. The Morgan fingerprint density at radius 1 is 1.10 bits per heavy atom. The van der Waals surface area contributed by atoms with Gasteiger partial charge in [-0.25, -0.2) is 9.59 Å². The zero-order valence-corrected chi connectivity index (χ0v) is 17.1. The molecule has 1 aromatic carbocycles. The number of ketones is 1. The summed E-state index contributed by atoms with van der Waals surface area (Å²) in [7, 11) is 0. The highest BCUT2D eigenvalue weighted by Crippen LogP contribution is 2.31. The lowest BCUT2D eigenvalue weighted by atomic mass is 10.1. The summed E-state index contributed by atoms with van der Waals surface area (Å²) < 4.78 is 21.0. The lowest BCUT2D eigenvalue weighted by molar-refractivity contribution is -0.136. The Kier molecular flexibility index (Phi) is 6.56. The van der Waals surface area contributed by atoms with E-state index in [1.165, 1.54) is 6.08 Å². The van der Waals surface area contributed by atoms with Gasteiger partial charge in [-0.05, 0) is 50.1 Å². The molecule has 2 heterocycles. The van der Waals surface area contributed by atoms with Gasteiger partial charge in [0.2, 0.25) is 5.78 Å². The largest absolute Gasteiger partial charge is 0.486 e. The van der Waals surface area contributed by atoms with Crippen LogP contribution >= 0.6 is 0 Å². The molecule has 8 heteroatoms. The van der Waals surface area contributed by atoms with E-state index in [0.717, 1.165) is 5.56 Å². The van der Waals surface area contributed by atoms with Gasteiger partial charge in [0.15, 0.2) is 18.1 Å². The van der Waals surface area contributed by atoms with Crippen LogP contribution in [-0.4, -0.2) is 49.1 Å². The normalized spacial score (nSPS) is 12.6. The van der Waals surface area contributed by atoms with E-state index in [9.17, 15) is 14.4 Å². The van der Waals surface area contributed by atoms with Crippen LogP contribution in [0.15, 0.2) is 24.3 Å². The first kappa shape index (κ1) is 21.2. The number of hydrogen-bond donors (Lipinski definition) is 1. The fourth-order valence-electron chi connectivity index (χ4n) is 3.12. The first-order valence-electron chi connectivity index (χ1n) is 9.54. The molecule has 8 nitrogen and oxygen atoms in total. The smallest absolute Gasteiger partial charge is 0.340 e. The standard InChI is InChI=1S/C22H23NO7/c1-4-27-22(26)20-13(2)21(23-14(20)3)16(24)12-30-19(25)8-6-15-5-7-17-18(11-15)29-10-9-28-17/h5-8,11,23H,4,9-10,12H2,1-3H3/b8-6+. The van der Waals surface area contributed by atoms with Crippen LogP contribution in [0.5, 0.6) is 11.5 Å². The van der Waals surface area contributed by atoms with Gasteiger partial charge in [0.25, 0.3) is 0 Å². The number of aromatic nitrogens is 1. The Bertz CT molecular complexity index is 1000. The Hall–Kier alpha value is -3.55. The van der Waals surface area contributed by atoms with Crippen LogP contribution in [0.25, 0.3) is 6.08 Å². The number of benzene rings is 1. The maximum absolute atomic E-state index is 12.4. The molecule has 1 N–H and O–H groups in total. The van der Waals surface area contributed by atoms with Crippen LogP contribution in [0, 0.1) is 13.8 Å². The molecule has 0 saturated carbocycles. The van der Waals surface area contributed by atoms with Gasteiger partial charge in [0.1, 0.15) is 13.2 Å². The molecule has 0 saturated heterocycles. The summed E-state index contributed by atoms with van der Waals surface area (Å²) >= 11 is 0. The van der Waals surface area contributed by atoms with E-state index in [4.69, 9.17) is 18.9 Å². The number of nitrogens with one attached hydrogen (secondary N) is 1. The predicted molar refractivity (Wildman–Crippen MR) is 108 cm³/mol. The number of hydrogen-bond acceptors (Lipinski definition) is 7.